The van der Waals surface area contributed by atoms with Gasteiger partial charge in [-0.1, -0.05) is 42.8 Å². The predicted octanol–water partition coefficient (Wildman–Crippen LogP) is 5.61. The number of hydrogen-bond acceptors (Lipinski definition) is 3. The quantitative estimate of drug-likeness (QED) is 0.602. The number of anilines is 2. The van der Waals surface area contributed by atoms with Crippen LogP contribution in [0.5, 0.6) is 5.75 Å². The molecule has 1 heterocycles. The van der Waals surface area contributed by atoms with Crippen molar-refractivity contribution >= 4 is 28.9 Å². The first-order chi connectivity index (χ1) is 13.1. The first-order valence-corrected chi connectivity index (χ1v) is 9.80. The average molecular weight is 383 g/mol. The summed E-state index contributed by atoms with van der Waals surface area (Å²) in [5.74, 6) is 0.814. The minimum atomic E-state index is 0.0289. The summed E-state index contributed by atoms with van der Waals surface area (Å²) in [5, 5.41) is 16.9. The monoisotopic (exact) mass is 382 g/mol. The lowest BCUT2D eigenvalue weighted by atomic mass is 9.76. The lowest BCUT2D eigenvalue weighted by Gasteiger charge is -2.39. The Hall–Kier alpha value is -2.46. The Morgan fingerprint density at radius 2 is 2.04 bits per heavy atom. The van der Waals surface area contributed by atoms with Gasteiger partial charge in [-0.15, -0.1) is 0 Å². The summed E-state index contributed by atoms with van der Waals surface area (Å²) in [7, 11) is 0. The molecule has 4 nitrogen and oxygen atoms in total. The first-order valence-electron chi connectivity index (χ1n) is 9.43. The van der Waals surface area contributed by atoms with E-state index >= 15 is 0 Å². The van der Waals surface area contributed by atoms with Crippen LogP contribution in [0.4, 0.5) is 11.4 Å². The van der Waals surface area contributed by atoms with E-state index in [1.807, 2.05) is 31.2 Å². The smallest absolute Gasteiger partial charge is 0.224 e. The third kappa shape index (κ3) is 3.30. The summed E-state index contributed by atoms with van der Waals surface area (Å²) in [6.07, 6.45) is 6.71. The summed E-state index contributed by atoms with van der Waals surface area (Å²) in [6, 6.07) is 11.2. The summed E-state index contributed by atoms with van der Waals surface area (Å²) in [4.78, 5) is 12.2. The highest BCUT2D eigenvalue weighted by atomic mass is 35.5. The summed E-state index contributed by atoms with van der Waals surface area (Å²) in [6.45, 7) is 2.00. The number of phenols is 1. The molecule has 5 heteroatoms. The Bertz CT molecular complexity index is 892. The van der Waals surface area contributed by atoms with E-state index in [-0.39, 0.29) is 23.6 Å². The van der Waals surface area contributed by atoms with E-state index in [4.69, 9.17) is 11.6 Å². The maximum Gasteiger partial charge on any atom is 0.224 e. The minimum Gasteiger partial charge on any atom is -0.508 e. The van der Waals surface area contributed by atoms with Gasteiger partial charge >= 0.3 is 0 Å². The van der Waals surface area contributed by atoms with Crippen molar-refractivity contribution < 1.29 is 9.90 Å². The second kappa shape index (κ2) is 7.28. The van der Waals surface area contributed by atoms with Gasteiger partial charge in [0, 0.05) is 23.6 Å². The third-order valence-corrected chi connectivity index (χ3v) is 5.79. The second-order valence-corrected chi connectivity index (χ2v) is 7.66. The van der Waals surface area contributed by atoms with Crippen molar-refractivity contribution in [1.82, 2.24) is 0 Å². The molecule has 140 valence electrons. The lowest BCUT2D eigenvalue weighted by Crippen LogP contribution is -2.30. The third-order valence-electron chi connectivity index (χ3n) is 5.47. The van der Waals surface area contributed by atoms with Gasteiger partial charge in [-0.05, 0) is 48.6 Å². The second-order valence-electron chi connectivity index (χ2n) is 7.25. The molecule has 0 radical (unpaired) electrons. The average Bonchev–Trinajstić information content (AvgIpc) is 3.14. The highest BCUT2D eigenvalue weighted by Crippen LogP contribution is 2.53. The minimum absolute atomic E-state index is 0.0289. The molecule has 2 aliphatic rings. The summed E-state index contributed by atoms with van der Waals surface area (Å²) in [5.41, 5.74) is 3.91. The fourth-order valence-electron chi connectivity index (χ4n) is 4.23. The van der Waals surface area contributed by atoms with Gasteiger partial charge in [-0.25, -0.2) is 0 Å². The van der Waals surface area contributed by atoms with Gasteiger partial charge in [0.1, 0.15) is 5.75 Å². The van der Waals surface area contributed by atoms with Crippen molar-refractivity contribution in [2.75, 3.05) is 10.6 Å². The van der Waals surface area contributed by atoms with Crippen molar-refractivity contribution in [2.24, 2.45) is 5.92 Å². The number of phenolic OH excluding ortho intramolecular Hbond substituents is 1. The number of hydrogen-bond donors (Lipinski definition) is 3. The van der Waals surface area contributed by atoms with Crippen LogP contribution in [0.2, 0.25) is 5.02 Å². The molecule has 1 aliphatic heterocycles. The molecule has 0 saturated heterocycles. The Kier molecular flexibility index (Phi) is 4.83. The van der Waals surface area contributed by atoms with Crippen LogP contribution in [-0.2, 0) is 4.79 Å². The van der Waals surface area contributed by atoms with Crippen molar-refractivity contribution in [3.8, 4) is 5.75 Å². The number of fused-ring (bicyclic) bond motifs is 3. The van der Waals surface area contributed by atoms with E-state index in [1.165, 1.54) is 0 Å². The molecule has 1 amide bonds. The van der Waals surface area contributed by atoms with Crippen LogP contribution >= 0.6 is 11.6 Å². The highest BCUT2D eigenvalue weighted by molar-refractivity contribution is 6.33. The van der Waals surface area contributed by atoms with Crippen LogP contribution in [0, 0.1) is 5.92 Å². The molecule has 1 aliphatic carbocycles. The largest absolute Gasteiger partial charge is 0.508 e. The van der Waals surface area contributed by atoms with Crippen LogP contribution in [0.3, 0.4) is 0 Å². The first kappa shape index (κ1) is 17.9. The van der Waals surface area contributed by atoms with E-state index in [1.54, 1.807) is 12.1 Å². The molecular weight excluding hydrogens is 360 g/mol. The zero-order valence-corrected chi connectivity index (χ0v) is 16.0. The van der Waals surface area contributed by atoms with Crippen molar-refractivity contribution in [3.63, 3.8) is 0 Å². The number of allylic oxidation sites excluding steroid dienone is 2. The molecule has 3 atom stereocenters. The van der Waals surface area contributed by atoms with E-state index in [2.05, 4.69) is 22.8 Å². The number of amides is 1. The number of rotatable bonds is 4. The number of carbonyl (C=O) groups is 1. The fourth-order valence-corrected chi connectivity index (χ4v) is 4.45. The van der Waals surface area contributed by atoms with Crippen molar-refractivity contribution in [1.29, 1.82) is 0 Å². The Morgan fingerprint density at radius 1 is 1.26 bits per heavy atom. The molecule has 0 saturated carbocycles. The van der Waals surface area contributed by atoms with Gasteiger partial charge in [0.2, 0.25) is 5.91 Å². The Morgan fingerprint density at radius 3 is 2.78 bits per heavy atom. The van der Waals surface area contributed by atoms with Crippen LogP contribution in [-0.4, -0.2) is 11.0 Å². The van der Waals surface area contributed by atoms with Gasteiger partial charge in [-0.2, -0.15) is 0 Å². The van der Waals surface area contributed by atoms with E-state index in [0.717, 1.165) is 35.3 Å². The van der Waals surface area contributed by atoms with Gasteiger partial charge in [-0.3, -0.25) is 4.79 Å². The summed E-state index contributed by atoms with van der Waals surface area (Å²) >= 11 is 6.54. The van der Waals surface area contributed by atoms with Crippen LogP contribution in [0.15, 0.2) is 48.6 Å². The molecule has 0 spiro atoms. The van der Waals surface area contributed by atoms with Gasteiger partial charge < -0.3 is 15.7 Å². The lowest BCUT2D eigenvalue weighted by molar-refractivity contribution is -0.116. The number of benzene rings is 2. The van der Waals surface area contributed by atoms with E-state index in [9.17, 15) is 9.90 Å². The topological polar surface area (TPSA) is 61.4 Å². The zero-order valence-electron chi connectivity index (χ0n) is 15.2. The molecule has 3 N–H and O–H groups in total. The van der Waals surface area contributed by atoms with Gasteiger partial charge in [0.05, 0.1) is 16.8 Å². The molecule has 27 heavy (non-hydrogen) atoms. The van der Waals surface area contributed by atoms with E-state index in [0.29, 0.717) is 17.4 Å². The standard InChI is InChI=1S/C22H23ClN2O2/c1-2-4-19(27)24-18-12-11-17(23)22-20(18)15-5-3-6-16(15)21(25-22)13-7-9-14(26)10-8-13/h3,5,7-12,15-16,21,25-26H,2,4,6H2,1H3,(H,24,27). The molecule has 0 fully saturated rings. The molecule has 3 unspecified atom stereocenters. The Balaban J connectivity index is 1.75. The van der Waals surface area contributed by atoms with E-state index < -0.39 is 0 Å². The maximum atomic E-state index is 12.2. The van der Waals surface area contributed by atoms with Crippen LogP contribution in [0.25, 0.3) is 0 Å². The van der Waals surface area contributed by atoms with Crippen molar-refractivity contribution in [3.05, 3.63) is 64.7 Å². The zero-order chi connectivity index (χ0) is 19.0. The fraction of sp³-hybridized carbons (Fsp3) is 0.318. The SMILES string of the molecule is CCCC(=O)Nc1ccc(Cl)c2c1C1C=CCC1C(c1ccc(O)cc1)N2. The Labute approximate surface area is 164 Å². The molecule has 2 aromatic carbocycles. The number of carbonyl (C=O) groups excluding carboxylic acids is 1. The molecule has 0 bridgehead atoms. The molecule has 4 rings (SSSR count). The number of nitrogens with one attached hydrogen (secondary N) is 2. The predicted molar refractivity (Wildman–Crippen MR) is 109 cm³/mol. The number of halogens is 1. The summed E-state index contributed by atoms with van der Waals surface area (Å²) < 4.78 is 0. The van der Waals surface area contributed by atoms with Crippen LogP contribution in [0.1, 0.15) is 49.3 Å². The van der Waals surface area contributed by atoms with Crippen LogP contribution < -0.4 is 10.6 Å². The normalized spacial score (nSPS) is 22.7. The van der Waals surface area contributed by atoms with Gasteiger partial charge in [0.15, 0.2) is 0 Å². The maximum absolute atomic E-state index is 12.2. The molecular formula is C22H23ClN2O2. The molecule has 0 aromatic heterocycles. The number of aromatic hydroxyl groups is 1. The highest BCUT2D eigenvalue weighted by Gasteiger charge is 2.40. The van der Waals surface area contributed by atoms with Crippen molar-refractivity contribution in [2.45, 2.75) is 38.1 Å². The van der Waals surface area contributed by atoms with Gasteiger partial charge in [0.25, 0.3) is 0 Å². The molecule has 2 aromatic rings.